The van der Waals surface area contributed by atoms with E-state index in [2.05, 4.69) is 28.1 Å². The molecule has 116 valence electrons. The van der Waals surface area contributed by atoms with E-state index in [1.165, 1.54) is 11.1 Å². The van der Waals surface area contributed by atoms with Gasteiger partial charge in [-0.05, 0) is 36.7 Å². The first-order valence-corrected chi connectivity index (χ1v) is 7.64. The molecular formula is C18H22N2O2. The fourth-order valence-corrected chi connectivity index (χ4v) is 3.21. The Hall–Kier alpha value is -2.07. The first kappa shape index (κ1) is 14.9. The minimum Gasteiger partial charge on any atom is -0.493 e. The molecule has 4 nitrogen and oxygen atoms in total. The summed E-state index contributed by atoms with van der Waals surface area (Å²) in [4.78, 5) is 6.56. The van der Waals surface area contributed by atoms with Crippen molar-refractivity contribution < 1.29 is 9.47 Å². The van der Waals surface area contributed by atoms with Gasteiger partial charge in [0, 0.05) is 37.0 Å². The van der Waals surface area contributed by atoms with Gasteiger partial charge in [-0.2, -0.15) is 0 Å². The first-order valence-electron chi connectivity index (χ1n) is 7.64. The van der Waals surface area contributed by atoms with Gasteiger partial charge >= 0.3 is 0 Å². The fraction of sp³-hybridized carbons (Fsp3) is 0.389. The van der Waals surface area contributed by atoms with E-state index in [0.29, 0.717) is 5.92 Å². The number of rotatable bonds is 5. The number of hydrogen-bond acceptors (Lipinski definition) is 4. The second kappa shape index (κ2) is 6.79. The number of methoxy groups -OCH3 is 2. The van der Waals surface area contributed by atoms with E-state index in [0.717, 1.165) is 37.6 Å². The lowest BCUT2D eigenvalue weighted by Crippen LogP contribution is -2.19. The van der Waals surface area contributed by atoms with Gasteiger partial charge in [-0.25, -0.2) is 0 Å². The zero-order valence-corrected chi connectivity index (χ0v) is 13.2. The largest absolute Gasteiger partial charge is 0.493 e. The van der Waals surface area contributed by atoms with E-state index in [9.17, 15) is 0 Å². The molecule has 2 aromatic rings. The summed E-state index contributed by atoms with van der Waals surface area (Å²) < 4.78 is 11.0. The number of hydrogen-bond donors (Lipinski definition) is 0. The third kappa shape index (κ3) is 3.07. The van der Waals surface area contributed by atoms with Crippen LogP contribution in [0.1, 0.15) is 23.5 Å². The van der Waals surface area contributed by atoms with Crippen LogP contribution in [0.15, 0.2) is 42.7 Å². The molecule has 0 radical (unpaired) electrons. The Morgan fingerprint density at radius 1 is 1.14 bits per heavy atom. The van der Waals surface area contributed by atoms with Crippen molar-refractivity contribution in [1.29, 1.82) is 0 Å². The quantitative estimate of drug-likeness (QED) is 0.849. The van der Waals surface area contributed by atoms with Crippen LogP contribution in [0.3, 0.4) is 0 Å². The lowest BCUT2D eigenvalue weighted by Gasteiger charge is -2.19. The highest BCUT2D eigenvalue weighted by atomic mass is 16.5. The Kier molecular flexibility index (Phi) is 4.59. The van der Waals surface area contributed by atoms with Gasteiger partial charge in [0.15, 0.2) is 11.5 Å². The molecule has 2 heterocycles. The Morgan fingerprint density at radius 2 is 1.95 bits per heavy atom. The molecule has 0 aliphatic carbocycles. The third-order valence-corrected chi connectivity index (χ3v) is 4.30. The summed E-state index contributed by atoms with van der Waals surface area (Å²) in [6.07, 6.45) is 4.86. The number of aromatic nitrogens is 1. The molecule has 1 aliphatic rings. The van der Waals surface area contributed by atoms with Crippen LogP contribution in [0.4, 0.5) is 0 Å². The summed E-state index contributed by atoms with van der Waals surface area (Å²) in [5, 5.41) is 0. The number of para-hydroxylation sites is 1. The van der Waals surface area contributed by atoms with Crippen molar-refractivity contribution in [1.82, 2.24) is 9.88 Å². The molecule has 4 heteroatoms. The minimum atomic E-state index is 0.492. The molecule has 0 unspecified atom stereocenters. The Bertz CT molecular complexity index is 616. The Balaban J connectivity index is 1.73. The van der Waals surface area contributed by atoms with Crippen LogP contribution < -0.4 is 9.47 Å². The van der Waals surface area contributed by atoms with Crippen molar-refractivity contribution in [2.45, 2.75) is 18.9 Å². The van der Waals surface area contributed by atoms with Crippen LogP contribution in [0, 0.1) is 0 Å². The number of likely N-dealkylation sites (tertiary alicyclic amines) is 1. The molecule has 0 amide bonds. The lowest BCUT2D eigenvalue weighted by molar-refractivity contribution is 0.323. The number of nitrogens with zero attached hydrogens (tertiary/aromatic N) is 2. The molecule has 1 saturated heterocycles. The van der Waals surface area contributed by atoms with Crippen molar-refractivity contribution in [3.05, 3.63) is 53.9 Å². The molecule has 3 rings (SSSR count). The van der Waals surface area contributed by atoms with E-state index in [4.69, 9.17) is 9.47 Å². The molecular weight excluding hydrogens is 276 g/mol. The average molecular weight is 298 g/mol. The van der Waals surface area contributed by atoms with Crippen molar-refractivity contribution in [2.75, 3.05) is 27.3 Å². The van der Waals surface area contributed by atoms with Gasteiger partial charge in [-0.15, -0.1) is 0 Å². The van der Waals surface area contributed by atoms with Gasteiger partial charge in [-0.3, -0.25) is 9.88 Å². The average Bonchev–Trinajstić information content (AvgIpc) is 3.03. The van der Waals surface area contributed by atoms with Crippen molar-refractivity contribution >= 4 is 0 Å². The van der Waals surface area contributed by atoms with Gasteiger partial charge in [0.2, 0.25) is 0 Å². The van der Waals surface area contributed by atoms with Crippen LogP contribution in [0.5, 0.6) is 11.5 Å². The molecule has 0 bridgehead atoms. The summed E-state index contributed by atoms with van der Waals surface area (Å²) in [5.74, 6) is 2.18. The Morgan fingerprint density at radius 3 is 2.68 bits per heavy atom. The van der Waals surface area contributed by atoms with Crippen LogP contribution in [0.2, 0.25) is 0 Å². The monoisotopic (exact) mass is 298 g/mol. The van der Waals surface area contributed by atoms with Gasteiger partial charge in [0.05, 0.1) is 14.2 Å². The molecule has 1 aromatic carbocycles. The summed E-state index contributed by atoms with van der Waals surface area (Å²) in [6, 6.07) is 10.3. The molecule has 1 aliphatic heterocycles. The van der Waals surface area contributed by atoms with Crippen molar-refractivity contribution in [3.8, 4) is 11.5 Å². The highest BCUT2D eigenvalue weighted by Gasteiger charge is 2.27. The summed E-state index contributed by atoms with van der Waals surface area (Å²) >= 11 is 0. The molecule has 22 heavy (non-hydrogen) atoms. The highest BCUT2D eigenvalue weighted by molar-refractivity contribution is 5.48. The van der Waals surface area contributed by atoms with Crippen LogP contribution in [-0.4, -0.2) is 37.2 Å². The van der Waals surface area contributed by atoms with Gasteiger partial charge in [0.1, 0.15) is 0 Å². The number of pyridine rings is 1. The molecule has 1 fully saturated rings. The second-order valence-corrected chi connectivity index (χ2v) is 5.66. The molecule has 1 aromatic heterocycles. The maximum absolute atomic E-state index is 5.58. The molecule has 1 atom stereocenters. The fourth-order valence-electron chi connectivity index (χ4n) is 3.21. The van der Waals surface area contributed by atoms with Gasteiger partial charge < -0.3 is 9.47 Å². The molecule has 0 N–H and O–H groups in total. The summed E-state index contributed by atoms with van der Waals surface area (Å²) in [7, 11) is 3.40. The van der Waals surface area contributed by atoms with Crippen LogP contribution in [-0.2, 0) is 6.54 Å². The minimum absolute atomic E-state index is 0.492. The predicted molar refractivity (Wildman–Crippen MR) is 86.4 cm³/mol. The number of benzene rings is 1. The summed E-state index contributed by atoms with van der Waals surface area (Å²) in [5.41, 5.74) is 2.56. The SMILES string of the molecule is COc1cccc([C@@H]2CCN(Cc3ccncc3)C2)c1OC. The van der Waals surface area contributed by atoms with Gasteiger partial charge in [-0.1, -0.05) is 12.1 Å². The highest BCUT2D eigenvalue weighted by Crippen LogP contribution is 2.39. The topological polar surface area (TPSA) is 34.6 Å². The van der Waals surface area contributed by atoms with E-state index in [-0.39, 0.29) is 0 Å². The van der Waals surface area contributed by atoms with E-state index in [1.54, 1.807) is 14.2 Å². The number of ether oxygens (including phenoxy) is 2. The zero-order chi connectivity index (χ0) is 15.4. The maximum atomic E-state index is 5.58. The van der Waals surface area contributed by atoms with Crippen LogP contribution >= 0.6 is 0 Å². The summed E-state index contributed by atoms with van der Waals surface area (Å²) in [6.45, 7) is 3.13. The van der Waals surface area contributed by atoms with Gasteiger partial charge in [0.25, 0.3) is 0 Å². The Labute approximate surface area is 131 Å². The third-order valence-electron chi connectivity index (χ3n) is 4.30. The standard InChI is InChI=1S/C18H22N2O2/c1-21-17-5-3-4-16(18(17)22-2)15-8-11-20(13-15)12-14-6-9-19-10-7-14/h3-7,9-10,15H,8,11-13H2,1-2H3/t15-/m1/s1. The van der Waals surface area contributed by atoms with E-state index in [1.807, 2.05) is 24.5 Å². The normalized spacial score (nSPS) is 18.4. The maximum Gasteiger partial charge on any atom is 0.164 e. The van der Waals surface area contributed by atoms with Crippen molar-refractivity contribution in [3.63, 3.8) is 0 Å². The van der Waals surface area contributed by atoms with Crippen molar-refractivity contribution in [2.24, 2.45) is 0 Å². The second-order valence-electron chi connectivity index (χ2n) is 5.66. The lowest BCUT2D eigenvalue weighted by atomic mass is 9.97. The van der Waals surface area contributed by atoms with E-state index >= 15 is 0 Å². The van der Waals surface area contributed by atoms with Crippen LogP contribution in [0.25, 0.3) is 0 Å². The zero-order valence-electron chi connectivity index (χ0n) is 13.2. The van der Waals surface area contributed by atoms with E-state index < -0.39 is 0 Å². The first-order chi connectivity index (χ1) is 10.8. The predicted octanol–water partition coefficient (Wildman–Crippen LogP) is 3.09. The molecule has 0 spiro atoms. The smallest absolute Gasteiger partial charge is 0.164 e. The molecule has 0 saturated carbocycles.